The molecule has 0 saturated heterocycles. The van der Waals surface area contributed by atoms with E-state index in [0.717, 1.165) is 0 Å². The first-order chi connectivity index (χ1) is 9.10. The average Bonchev–Trinajstić information content (AvgIpc) is 2.42. The topological polar surface area (TPSA) is 75.6 Å². The van der Waals surface area contributed by atoms with E-state index >= 15 is 0 Å². The molecule has 0 aliphatic carbocycles. The molecular formula is C14H19NO4. The van der Waals surface area contributed by atoms with Gasteiger partial charge in [0.25, 0.3) is 5.91 Å². The molecule has 1 rings (SSSR count). The number of hydrogen-bond acceptors (Lipinski definition) is 3. The minimum Gasteiger partial charge on any atom is -0.480 e. The highest BCUT2D eigenvalue weighted by Gasteiger charge is 2.25. The van der Waals surface area contributed by atoms with Crippen LogP contribution in [-0.4, -0.2) is 29.6 Å². The predicted octanol–water partition coefficient (Wildman–Crippen LogP) is 1.74. The van der Waals surface area contributed by atoms with E-state index in [9.17, 15) is 9.59 Å². The number of nitrogens with one attached hydrogen (secondary N) is 1. The van der Waals surface area contributed by atoms with Gasteiger partial charge in [0.15, 0.2) is 6.10 Å². The fourth-order valence-electron chi connectivity index (χ4n) is 1.70. The van der Waals surface area contributed by atoms with Crippen molar-refractivity contribution in [1.29, 1.82) is 0 Å². The monoisotopic (exact) mass is 265 g/mol. The van der Waals surface area contributed by atoms with E-state index < -0.39 is 24.0 Å². The fraction of sp³-hybridized carbons (Fsp3) is 0.429. The lowest BCUT2D eigenvalue weighted by atomic mass is 10.1. The van der Waals surface area contributed by atoms with Crippen molar-refractivity contribution in [3.05, 3.63) is 35.9 Å². The van der Waals surface area contributed by atoms with Crippen LogP contribution in [0.15, 0.2) is 30.3 Å². The third-order valence-corrected chi connectivity index (χ3v) is 2.70. The third-order valence-electron chi connectivity index (χ3n) is 2.70. The van der Waals surface area contributed by atoms with Gasteiger partial charge in [-0.15, -0.1) is 0 Å². The Bertz CT molecular complexity index is 419. The van der Waals surface area contributed by atoms with Crippen LogP contribution in [0.5, 0.6) is 0 Å². The summed E-state index contributed by atoms with van der Waals surface area (Å²) in [6.45, 7) is 3.87. The maximum absolute atomic E-state index is 12.1. The molecule has 2 atom stereocenters. The molecule has 0 radical (unpaired) electrons. The molecule has 5 heteroatoms. The molecule has 2 unspecified atom stereocenters. The maximum Gasteiger partial charge on any atom is 0.326 e. The van der Waals surface area contributed by atoms with Crippen LogP contribution >= 0.6 is 0 Å². The zero-order valence-electron chi connectivity index (χ0n) is 11.1. The lowest BCUT2D eigenvalue weighted by Crippen LogP contribution is -2.43. The molecule has 0 heterocycles. The van der Waals surface area contributed by atoms with E-state index in [1.165, 1.54) is 0 Å². The largest absolute Gasteiger partial charge is 0.480 e. The van der Waals surface area contributed by atoms with Gasteiger partial charge < -0.3 is 15.2 Å². The summed E-state index contributed by atoms with van der Waals surface area (Å²) >= 11 is 0. The number of carbonyl (C=O) groups is 2. The molecule has 0 bridgehead atoms. The Morgan fingerprint density at radius 3 is 2.37 bits per heavy atom. The molecule has 0 aliphatic rings. The normalized spacial score (nSPS) is 13.6. The number of carboxylic acid groups (broad SMARTS) is 1. The Morgan fingerprint density at radius 1 is 1.26 bits per heavy atom. The highest BCUT2D eigenvalue weighted by Crippen LogP contribution is 2.17. The summed E-state index contributed by atoms with van der Waals surface area (Å²) in [5, 5.41) is 11.4. The zero-order valence-corrected chi connectivity index (χ0v) is 11.1. The van der Waals surface area contributed by atoms with Gasteiger partial charge >= 0.3 is 5.97 Å². The molecule has 1 aromatic rings. The third kappa shape index (κ3) is 4.37. The Balaban J connectivity index is 2.82. The minimum atomic E-state index is -1.04. The first kappa shape index (κ1) is 15.2. The molecule has 19 heavy (non-hydrogen) atoms. The van der Waals surface area contributed by atoms with Gasteiger partial charge in [-0.2, -0.15) is 0 Å². The van der Waals surface area contributed by atoms with Crippen LogP contribution in [0.25, 0.3) is 0 Å². The highest BCUT2D eigenvalue weighted by molar-refractivity contribution is 5.87. The van der Waals surface area contributed by atoms with Crippen LogP contribution in [0, 0.1) is 0 Å². The molecule has 2 N–H and O–H groups in total. The van der Waals surface area contributed by atoms with Gasteiger partial charge in [-0.25, -0.2) is 4.79 Å². The summed E-state index contributed by atoms with van der Waals surface area (Å²) in [5.41, 5.74) is 0.710. The molecule has 1 amide bonds. The van der Waals surface area contributed by atoms with Crippen molar-refractivity contribution in [3.63, 3.8) is 0 Å². The summed E-state index contributed by atoms with van der Waals surface area (Å²) in [7, 11) is 0. The van der Waals surface area contributed by atoms with E-state index in [2.05, 4.69) is 5.32 Å². The molecule has 0 fully saturated rings. The van der Waals surface area contributed by atoms with Gasteiger partial charge in [0.2, 0.25) is 0 Å². The Labute approximate surface area is 112 Å². The second-order valence-electron chi connectivity index (χ2n) is 4.05. The molecule has 1 aromatic carbocycles. The van der Waals surface area contributed by atoms with E-state index in [0.29, 0.717) is 18.6 Å². The quantitative estimate of drug-likeness (QED) is 0.787. The zero-order chi connectivity index (χ0) is 14.3. The minimum absolute atomic E-state index is 0.328. The fourth-order valence-corrected chi connectivity index (χ4v) is 1.70. The molecule has 0 aliphatic heterocycles. The van der Waals surface area contributed by atoms with Crippen molar-refractivity contribution in [1.82, 2.24) is 5.32 Å². The molecule has 0 saturated carbocycles. The number of rotatable bonds is 7. The number of benzene rings is 1. The van der Waals surface area contributed by atoms with Crippen LogP contribution in [0.4, 0.5) is 0 Å². The van der Waals surface area contributed by atoms with Gasteiger partial charge in [-0.3, -0.25) is 4.79 Å². The number of hydrogen-bond donors (Lipinski definition) is 2. The van der Waals surface area contributed by atoms with E-state index in [1.54, 1.807) is 26.0 Å². The Kier molecular flexibility index (Phi) is 6.02. The van der Waals surface area contributed by atoms with Crippen molar-refractivity contribution in [2.24, 2.45) is 0 Å². The Morgan fingerprint density at radius 2 is 1.89 bits per heavy atom. The van der Waals surface area contributed by atoms with Crippen LogP contribution in [0.3, 0.4) is 0 Å². The van der Waals surface area contributed by atoms with E-state index in [-0.39, 0.29) is 0 Å². The summed E-state index contributed by atoms with van der Waals surface area (Å²) in [6, 6.07) is 8.13. The molecule has 0 spiro atoms. The smallest absolute Gasteiger partial charge is 0.326 e. The van der Waals surface area contributed by atoms with Gasteiger partial charge in [-0.05, 0) is 18.9 Å². The average molecular weight is 265 g/mol. The molecule has 104 valence electrons. The standard InChI is InChI=1S/C14H19NO4/c1-3-11(14(17)18)15-13(16)12(19-4-2)10-8-6-5-7-9-10/h5-9,11-12H,3-4H2,1-2H3,(H,15,16)(H,17,18). The van der Waals surface area contributed by atoms with Gasteiger partial charge in [0, 0.05) is 6.61 Å². The number of carboxylic acids is 1. The predicted molar refractivity (Wildman–Crippen MR) is 70.7 cm³/mol. The first-order valence-electron chi connectivity index (χ1n) is 6.29. The summed E-state index contributed by atoms with van der Waals surface area (Å²) in [6.07, 6.45) is -0.450. The molecule has 0 aromatic heterocycles. The second kappa shape index (κ2) is 7.53. The van der Waals surface area contributed by atoms with Crippen LogP contribution < -0.4 is 5.32 Å². The van der Waals surface area contributed by atoms with E-state index in [4.69, 9.17) is 9.84 Å². The summed E-state index contributed by atoms with van der Waals surface area (Å²) in [5.74, 6) is -1.47. The van der Waals surface area contributed by atoms with Gasteiger partial charge in [0.1, 0.15) is 6.04 Å². The number of ether oxygens (including phenoxy) is 1. The van der Waals surface area contributed by atoms with Crippen molar-refractivity contribution in [2.75, 3.05) is 6.61 Å². The second-order valence-corrected chi connectivity index (χ2v) is 4.05. The number of aliphatic carboxylic acids is 1. The summed E-state index contributed by atoms with van der Waals surface area (Å²) in [4.78, 5) is 23.0. The molecule has 5 nitrogen and oxygen atoms in total. The lowest BCUT2D eigenvalue weighted by molar-refractivity contribution is -0.144. The van der Waals surface area contributed by atoms with Crippen LogP contribution in [-0.2, 0) is 14.3 Å². The SMILES string of the molecule is CCOC(C(=O)NC(CC)C(=O)O)c1ccccc1. The lowest BCUT2D eigenvalue weighted by Gasteiger charge is -2.19. The number of carbonyl (C=O) groups excluding carboxylic acids is 1. The summed E-state index contributed by atoms with van der Waals surface area (Å²) < 4.78 is 5.41. The van der Waals surface area contributed by atoms with Crippen molar-refractivity contribution in [3.8, 4) is 0 Å². The van der Waals surface area contributed by atoms with Crippen LogP contribution in [0.2, 0.25) is 0 Å². The van der Waals surface area contributed by atoms with Gasteiger partial charge in [0.05, 0.1) is 0 Å². The Hall–Kier alpha value is -1.88. The van der Waals surface area contributed by atoms with E-state index in [1.807, 2.05) is 18.2 Å². The van der Waals surface area contributed by atoms with Crippen molar-refractivity contribution < 1.29 is 19.4 Å². The van der Waals surface area contributed by atoms with Gasteiger partial charge in [-0.1, -0.05) is 37.3 Å². The molecular weight excluding hydrogens is 246 g/mol. The van der Waals surface area contributed by atoms with Crippen LogP contribution in [0.1, 0.15) is 31.9 Å². The number of amides is 1. The highest BCUT2D eigenvalue weighted by atomic mass is 16.5. The van der Waals surface area contributed by atoms with Crippen molar-refractivity contribution >= 4 is 11.9 Å². The maximum atomic E-state index is 12.1. The van der Waals surface area contributed by atoms with Crippen molar-refractivity contribution in [2.45, 2.75) is 32.4 Å². The first-order valence-corrected chi connectivity index (χ1v) is 6.29.